The van der Waals surface area contributed by atoms with Gasteiger partial charge in [0, 0.05) is 28.9 Å². The van der Waals surface area contributed by atoms with Crippen molar-refractivity contribution in [3.63, 3.8) is 0 Å². The van der Waals surface area contributed by atoms with Crippen molar-refractivity contribution < 1.29 is 9.90 Å². The maximum Gasteiger partial charge on any atom is 0.260 e. The van der Waals surface area contributed by atoms with E-state index in [4.69, 9.17) is 0 Å². The number of pyridine rings is 1. The predicted molar refractivity (Wildman–Crippen MR) is 120 cm³/mol. The molecule has 5 nitrogen and oxygen atoms in total. The van der Waals surface area contributed by atoms with Crippen molar-refractivity contribution in [2.45, 2.75) is 12.8 Å². The number of aromatic hydroxyl groups is 1. The van der Waals surface area contributed by atoms with Crippen molar-refractivity contribution >= 4 is 28.1 Å². The Kier molecular flexibility index (Phi) is 4.64. The quantitative estimate of drug-likeness (QED) is 0.501. The molecule has 0 aliphatic carbocycles. The molecule has 1 fully saturated rings. The van der Waals surface area contributed by atoms with Gasteiger partial charge in [0.25, 0.3) is 11.5 Å². The second kappa shape index (κ2) is 7.46. The van der Waals surface area contributed by atoms with E-state index < -0.39 is 0 Å². The summed E-state index contributed by atoms with van der Waals surface area (Å²) in [6.45, 7) is 1.66. The molecule has 0 spiro atoms. The highest BCUT2D eigenvalue weighted by Crippen LogP contribution is 2.36. The zero-order valence-corrected chi connectivity index (χ0v) is 17.0. The molecule has 2 N–H and O–H groups in total. The van der Waals surface area contributed by atoms with Crippen LogP contribution in [0.4, 0.5) is 0 Å². The average molecular weight is 417 g/mol. The molecule has 6 heteroatoms. The van der Waals surface area contributed by atoms with Crippen LogP contribution in [0.25, 0.3) is 32.5 Å². The molecule has 150 valence electrons. The number of fused-ring (bicyclic) bond motifs is 1. The first kappa shape index (κ1) is 18.6. The van der Waals surface area contributed by atoms with E-state index >= 15 is 0 Å². The number of likely N-dealkylation sites (tertiary alicyclic amines) is 1. The smallest absolute Gasteiger partial charge is 0.260 e. The molecule has 1 saturated heterocycles. The van der Waals surface area contributed by atoms with Gasteiger partial charge >= 0.3 is 0 Å². The molecule has 5 rings (SSSR count). The Hall–Kier alpha value is -3.38. The van der Waals surface area contributed by atoms with E-state index in [1.807, 2.05) is 58.8 Å². The molecule has 3 heterocycles. The summed E-state index contributed by atoms with van der Waals surface area (Å²) < 4.78 is 0. The number of nitrogens with zero attached hydrogens (tertiary/aromatic N) is 1. The molecular weight excluding hydrogens is 396 g/mol. The SMILES string of the molecule is O=C(c1ccc(-c2ccc3[nH]c(=O)c(-c4cccs4)c(O)c3c2)cc1)N1CCCC1. The van der Waals surface area contributed by atoms with Crippen molar-refractivity contribution in [2.75, 3.05) is 13.1 Å². The third-order valence-corrected chi connectivity index (χ3v) is 6.50. The van der Waals surface area contributed by atoms with Crippen molar-refractivity contribution in [2.24, 2.45) is 0 Å². The highest BCUT2D eigenvalue weighted by Gasteiger charge is 2.19. The number of aromatic nitrogens is 1. The van der Waals surface area contributed by atoms with Crippen LogP contribution in [0.2, 0.25) is 0 Å². The first-order valence-electron chi connectivity index (χ1n) is 9.94. The lowest BCUT2D eigenvalue weighted by Crippen LogP contribution is -2.27. The van der Waals surface area contributed by atoms with Gasteiger partial charge in [0.15, 0.2) is 0 Å². The molecule has 1 aliphatic heterocycles. The lowest BCUT2D eigenvalue weighted by molar-refractivity contribution is 0.0793. The standard InChI is InChI=1S/C24H20N2O3S/c27-22-18-14-17(9-10-19(18)25-23(28)21(22)20-4-3-13-30-20)15-5-7-16(8-6-15)24(29)26-11-1-2-12-26/h3-10,13-14H,1-2,11-12H2,(H2,25,27,28). The summed E-state index contributed by atoms with van der Waals surface area (Å²) >= 11 is 1.41. The summed E-state index contributed by atoms with van der Waals surface area (Å²) in [7, 11) is 0. The number of benzene rings is 2. The summed E-state index contributed by atoms with van der Waals surface area (Å²) in [5, 5.41) is 13.3. The Morgan fingerprint density at radius 2 is 1.73 bits per heavy atom. The van der Waals surface area contributed by atoms with Gasteiger partial charge in [-0.1, -0.05) is 24.3 Å². The van der Waals surface area contributed by atoms with Crippen LogP contribution in [-0.4, -0.2) is 34.0 Å². The van der Waals surface area contributed by atoms with Crippen LogP contribution in [0.5, 0.6) is 5.75 Å². The van der Waals surface area contributed by atoms with E-state index in [0.717, 1.165) is 41.9 Å². The molecular formula is C24H20N2O3S. The summed E-state index contributed by atoms with van der Waals surface area (Å²) in [6.07, 6.45) is 2.14. The van der Waals surface area contributed by atoms with Crippen molar-refractivity contribution in [3.05, 3.63) is 75.9 Å². The molecule has 30 heavy (non-hydrogen) atoms. The van der Waals surface area contributed by atoms with E-state index in [1.165, 1.54) is 11.3 Å². The highest BCUT2D eigenvalue weighted by atomic mass is 32.1. The summed E-state index contributed by atoms with van der Waals surface area (Å²) in [6, 6.07) is 16.8. The third kappa shape index (κ3) is 3.19. The molecule has 0 bridgehead atoms. The van der Waals surface area contributed by atoms with Crippen LogP contribution >= 0.6 is 11.3 Å². The Balaban J connectivity index is 1.53. The first-order valence-corrected chi connectivity index (χ1v) is 10.8. The van der Waals surface area contributed by atoms with E-state index in [9.17, 15) is 14.7 Å². The van der Waals surface area contributed by atoms with Crippen LogP contribution < -0.4 is 5.56 Å². The minimum Gasteiger partial charge on any atom is -0.506 e. The number of carbonyl (C=O) groups is 1. The Bertz CT molecular complexity index is 1280. The van der Waals surface area contributed by atoms with Crippen LogP contribution in [0, 0.1) is 0 Å². The van der Waals surface area contributed by atoms with E-state index in [0.29, 0.717) is 22.0 Å². The lowest BCUT2D eigenvalue weighted by atomic mass is 10.00. The van der Waals surface area contributed by atoms with Gasteiger partial charge in [-0.2, -0.15) is 0 Å². The maximum absolute atomic E-state index is 12.6. The van der Waals surface area contributed by atoms with Gasteiger partial charge in [0.2, 0.25) is 0 Å². The maximum atomic E-state index is 12.6. The molecule has 1 amide bonds. The molecule has 0 atom stereocenters. The molecule has 4 aromatic rings. The second-order valence-corrected chi connectivity index (χ2v) is 8.44. The van der Waals surface area contributed by atoms with Gasteiger partial charge < -0.3 is 15.0 Å². The third-order valence-electron chi connectivity index (χ3n) is 5.61. The van der Waals surface area contributed by atoms with Crippen LogP contribution in [0.15, 0.2) is 64.8 Å². The van der Waals surface area contributed by atoms with Gasteiger partial charge in [-0.3, -0.25) is 9.59 Å². The van der Waals surface area contributed by atoms with Crippen LogP contribution in [0.3, 0.4) is 0 Å². The average Bonchev–Trinajstić information content (AvgIpc) is 3.48. The van der Waals surface area contributed by atoms with Gasteiger partial charge in [0.1, 0.15) is 5.75 Å². The number of H-pyrrole nitrogens is 1. The minimum absolute atomic E-state index is 0.0149. The number of aromatic amines is 1. The van der Waals surface area contributed by atoms with Crippen molar-refractivity contribution in [1.29, 1.82) is 0 Å². The Morgan fingerprint density at radius 3 is 2.43 bits per heavy atom. The van der Waals surface area contributed by atoms with Crippen molar-refractivity contribution in [3.8, 4) is 27.3 Å². The molecule has 0 unspecified atom stereocenters. The number of hydrogen-bond acceptors (Lipinski definition) is 4. The Morgan fingerprint density at radius 1 is 1.00 bits per heavy atom. The summed E-state index contributed by atoms with van der Waals surface area (Å²) in [5.74, 6) is 0.0623. The molecule has 0 radical (unpaired) electrons. The highest BCUT2D eigenvalue weighted by molar-refractivity contribution is 7.13. The second-order valence-electron chi connectivity index (χ2n) is 7.49. The normalized spacial score (nSPS) is 13.8. The number of thiophene rings is 1. The number of rotatable bonds is 3. The predicted octanol–water partition coefficient (Wildman–Crippen LogP) is 4.87. The monoisotopic (exact) mass is 416 g/mol. The summed E-state index contributed by atoms with van der Waals surface area (Å²) in [4.78, 5) is 30.5. The van der Waals surface area contributed by atoms with E-state index in [-0.39, 0.29) is 17.2 Å². The fraction of sp³-hybridized carbons (Fsp3) is 0.167. The molecule has 2 aromatic heterocycles. The van der Waals surface area contributed by atoms with Crippen LogP contribution in [0.1, 0.15) is 23.2 Å². The number of amides is 1. The molecule has 2 aromatic carbocycles. The fourth-order valence-corrected chi connectivity index (χ4v) is 4.78. The number of carbonyl (C=O) groups excluding carboxylic acids is 1. The molecule has 0 saturated carbocycles. The van der Waals surface area contributed by atoms with Gasteiger partial charge in [-0.05, 0) is 59.7 Å². The van der Waals surface area contributed by atoms with Gasteiger partial charge in [0.05, 0.1) is 11.1 Å². The zero-order valence-electron chi connectivity index (χ0n) is 16.2. The molecule has 1 aliphatic rings. The topological polar surface area (TPSA) is 73.4 Å². The minimum atomic E-state index is -0.306. The zero-order chi connectivity index (χ0) is 20.7. The largest absolute Gasteiger partial charge is 0.506 e. The van der Waals surface area contributed by atoms with E-state index in [1.54, 1.807) is 6.07 Å². The summed E-state index contributed by atoms with van der Waals surface area (Å²) in [5.41, 5.74) is 3.11. The van der Waals surface area contributed by atoms with Gasteiger partial charge in [-0.15, -0.1) is 11.3 Å². The van der Waals surface area contributed by atoms with Crippen LogP contribution in [-0.2, 0) is 0 Å². The number of hydrogen-bond donors (Lipinski definition) is 2. The lowest BCUT2D eigenvalue weighted by Gasteiger charge is -2.15. The first-order chi connectivity index (χ1) is 14.6. The van der Waals surface area contributed by atoms with Gasteiger partial charge in [-0.25, -0.2) is 0 Å². The fourth-order valence-electron chi connectivity index (χ4n) is 4.01. The van der Waals surface area contributed by atoms with E-state index in [2.05, 4.69) is 4.98 Å². The van der Waals surface area contributed by atoms with Crippen molar-refractivity contribution in [1.82, 2.24) is 9.88 Å². The number of nitrogens with one attached hydrogen (secondary N) is 1. The Labute approximate surface area is 177 Å².